The summed E-state index contributed by atoms with van der Waals surface area (Å²) >= 11 is 1.34. The summed E-state index contributed by atoms with van der Waals surface area (Å²) in [6.45, 7) is 10.7. The second-order valence-electron chi connectivity index (χ2n) is 5.53. The standard InChI is InChI=1S/C15H22N4OS/c1-6-7-19(8(2)3)15(20)13-12(16)11-9(4)10(5)17-18-14(11)21-13/h8H,6-7,16H2,1-5H3. The van der Waals surface area contributed by atoms with E-state index >= 15 is 0 Å². The van der Waals surface area contributed by atoms with Crippen molar-refractivity contribution < 1.29 is 4.79 Å². The van der Waals surface area contributed by atoms with E-state index in [0.29, 0.717) is 10.6 Å². The molecule has 0 radical (unpaired) electrons. The lowest BCUT2D eigenvalue weighted by Crippen LogP contribution is -2.37. The van der Waals surface area contributed by atoms with Crippen LogP contribution in [0.4, 0.5) is 5.69 Å². The van der Waals surface area contributed by atoms with Gasteiger partial charge in [0.05, 0.1) is 11.4 Å². The molecule has 21 heavy (non-hydrogen) atoms. The number of nitrogens with two attached hydrogens (primary N) is 1. The van der Waals surface area contributed by atoms with Crippen molar-refractivity contribution in [1.82, 2.24) is 15.1 Å². The lowest BCUT2D eigenvalue weighted by molar-refractivity contribution is 0.0712. The van der Waals surface area contributed by atoms with Gasteiger partial charge in [-0.05, 0) is 39.7 Å². The number of rotatable bonds is 4. The van der Waals surface area contributed by atoms with Gasteiger partial charge in [0.25, 0.3) is 5.91 Å². The highest BCUT2D eigenvalue weighted by molar-refractivity contribution is 7.21. The van der Waals surface area contributed by atoms with Crippen LogP contribution in [0, 0.1) is 13.8 Å². The highest BCUT2D eigenvalue weighted by atomic mass is 32.1. The van der Waals surface area contributed by atoms with Crippen LogP contribution in [0.5, 0.6) is 0 Å². The number of aromatic nitrogens is 2. The Morgan fingerprint density at radius 1 is 1.33 bits per heavy atom. The summed E-state index contributed by atoms with van der Waals surface area (Å²) in [5.41, 5.74) is 8.62. The molecule has 114 valence electrons. The van der Waals surface area contributed by atoms with Crippen LogP contribution in [0.2, 0.25) is 0 Å². The first kappa shape index (κ1) is 15.7. The lowest BCUT2D eigenvalue weighted by atomic mass is 10.1. The van der Waals surface area contributed by atoms with E-state index in [0.717, 1.165) is 34.4 Å². The van der Waals surface area contributed by atoms with Crippen LogP contribution in [0.1, 0.15) is 48.1 Å². The minimum Gasteiger partial charge on any atom is -0.397 e. The zero-order chi connectivity index (χ0) is 15.7. The molecule has 2 N–H and O–H groups in total. The van der Waals surface area contributed by atoms with Gasteiger partial charge in [-0.15, -0.1) is 16.4 Å². The van der Waals surface area contributed by atoms with Gasteiger partial charge in [-0.25, -0.2) is 0 Å². The number of anilines is 1. The Morgan fingerprint density at radius 2 is 2.00 bits per heavy atom. The van der Waals surface area contributed by atoms with Crippen molar-refractivity contribution in [3.63, 3.8) is 0 Å². The van der Waals surface area contributed by atoms with Gasteiger partial charge in [0.2, 0.25) is 0 Å². The Bertz CT molecular complexity index is 678. The third kappa shape index (κ3) is 2.72. The molecule has 6 heteroatoms. The molecule has 2 aromatic heterocycles. The fourth-order valence-corrected chi connectivity index (χ4v) is 3.42. The third-order valence-electron chi connectivity index (χ3n) is 3.68. The number of fused-ring (bicyclic) bond motifs is 1. The Balaban J connectivity index is 2.54. The van der Waals surface area contributed by atoms with Crippen LogP contribution < -0.4 is 5.73 Å². The van der Waals surface area contributed by atoms with E-state index in [9.17, 15) is 4.79 Å². The Labute approximate surface area is 129 Å². The Kier molecular flexibility index (Phi) is 4.46. The summed E-state index contributed by atoms with van der Waals surface area (Å²) < 4.78 is 0. The van der Waals surface area contributed by atoms with Crippen molar-refractivity contribution in [2.24, 2.45) is 0 Å². The molecular formula is C15H22N4OS. The minimum absolute atomic E-state index is 0.00981. The summed E-state index contributed by atoms with van der Waals surface area (Å²) in [7, 11) is 0. The predicted octanol–water partition coefficient (Wildman–Crippen LogP) is 3.15. The van der Waals surface area contributed by atoms with Gasteiger partial charge in [0.1, 0.15) is 9.71 Å². The predicted molar refractivity (Wildman–Crippen MR) is 87.8 cm³/mol. The van der Waals surface area contributed by atoms with Crippen LogP contribution in [0.25, 0.3) is 10.2 Å². The zero-order valence-electron chi connectivity index (χ0n) is 13.2. The van der Waals surface area contributed by atoms with E-state index in [4.69, 9.17) is 5.73 Å². The van der Waals surface area contributed by atoms with Crippen LogP contribution in [0.15, 0.2) is 0 Å². The molecule has 0 aromatic carbocycles. The SMILES string of the molecule is CCCN(C(=O)c1sc2nnc(C)c(C)c2c1N)C(C)C. The van der Waals surface area contributed by atoms with E-state index in [2.05, 4.69) is 17.1 Å². The molecule has 0 atom stereocenters. The number of hydrogen-bond acceptors (Lipinski definition) is 5. The summed E-state index contributed by atoms with van der Waals surface area (Å²) in [6.07, 6.45) is 0.923. The van der Waals surface area contributed by atoms with Crippen molar-refractivity contribution in [3.8, 4) is 0 Å². The quantitative estimate of drug-likeness (QED) is 0.942. The topological polar surface area (TPSA) is 72.1 Å². The first-order valence-electron chi connectivity index (χ1n) is 7.21. The maximum absolute atomic E-state index is 12.8. The number of carbonyl (C=O) groups excluding carboxylic acids is 1. The molecule has 2 heterocycles. The molecule has 0 saturated heterocycles. The minimum atomic E-state index is -0.00981. The fraction of sp³-hybridized carbons (Fsp3) is 0.533. The fourth-order valence-electron chi connectivity index (χ4n) is 2.36. The lowest BCUT2D eigenvalue weighted by Gasteiger charge is -2.25. The van der Waals surface area contributed by atoms with Crippen molar-refractivity contribution in [2.75, 3.05) is 12.3 Å². The van der Waals surface area contributed by atoms with E-state index in [-0.39, 0.29) is 11.9 Å². The molecule has 0 saturated carbocycles. The maximum atomic E-state index is 12.8. The number of thiophene rings is 1. The van der Waals surface area contributed by atoms with Crippen molar-refractivity contribution in [2.45, 2.75) is 47.1 Å². The van der Waals surface area contributed by atoms with Crippen molar-refractivity contribution in [3.05, 3.63) is 16.1 Å². The summed E-state index contributed by atoms with van der Waals surface area (Å²) in [5.74, 6) is -0.00981. The number of nitrogens with zero attached hydrogens (tertiary/aromatic N) is 3. The van der Waals surface area contributed by atoms with Gasteiger partial charge >= 0.3 is 0 Å². The average Bonchev–Trinajstić information content (AvgIpc) is 2.77. The molecule has 0 aliphatic rings. The third-order valence-corrected chi connectivity index (χ3v) is 4.76. The molecule has 0 aliphatic carbocycles. The van der Waals surface area contributed by atoms with Gasteiger partial charge < -0.3 is 10.6 Å². The Hall–Kier alpha value is -1.69. The van der Waals surface area contributed by atoms with Gasteiger partial charge in [-0.2, -0.15) is 5.10 Å². The average molecular weight is 306 g/mol. The van der Waals surface area contributed by atoms with Crippen molar-refractivity contribution >= 4 is 33.1 Å². The van der Waals surface area contributed by atoms with E-state index in [1.54, 1.807) is 0 Å². The summed E-state index contributed by atoms with van der Waals surface area (Å²) in [6, 6.07) is 0.149. The molecule has 0 unspecified atom stereocenters. The first-order valence-corrected chi connectivity index (χ1v) is 8.02. The number of nitrogen functional groups attached to an aromatic ring is 1. The van der Waals surface area contributed by atoms with Gasteiger partial charge in [0, 0.05) is 18.0 Å². The molecule has 2 rings (SSSR count). The molecule has 2 aromatic rings. The maximum Gasteiger partial charge on any atom is 0.266 e. The van der Waals surface area contributed by atoms with E-state index in [1.165, 1.54) is 11.3 Å². The van der Waals surface area contributed by atoms with Gasteiger partial charge in [-0.3, -0.25) is 4.79 Å². The van der Waals surface area contributed by atoms with Gasteiger partial charge in [-0.1, -0.05) is 6.92 Å². The summed E-state index contributed by atoms with van der Waals surface area (Å²) in [4.78, 5) is 15.9. The number of aryl methyl sites for hydroxylation is 2. The van der Waals surface area contributed by atoms with Crippen LogP contribution in [-0.4, -0.2) is 33.6 Å². The Morgan fingerprint density at radius 3 is 2.57 bits per heavy atom. The summed E-state index contributed by atoms with van der Waals surface area (Å²) in [5, 5.41) is 9.16. The van der Waals surface area contributed by atoms with E-state index in [1.807, 2.05) is 32.6 Å². The highest BCUT2D eigenvalue weighted by Crippen LogP contribution is 2.35. The monoisotopic (exact) mass is 306 g/mol. The molecule has 0 fully saturated rings. The van der Waals surface area contributed by atoms with Crippen molar-refractivity contribution in [1.29, 1.82) is 0 Å². The number of hydrogen-bond donors (Lipinski definition) is 1. The largest absolute Gasteiger partial charge is 0.397 e. The molecule has 0 aliphatic heterocycles. The van der Waals surface area contributed by atoms with Crippen LogP contribution in [-0.2, 0) is 0 Å². The molecule has 0 bridgehead atoms. The molecular weight excluding hydrogens is 284 g/mol. The van der Waals surface area contributed by atoms with Crippen LogP contribution >= 0.6 is 11.3 Å². The normalized spacial score (nSPS) is 11.3. The molecule has 1 amide bonds. The highest BCUT2D eigenvalue weighted by Gasteiger charge is 2.25. The van der Waals surface area contributed by atoms with Crippen LogP contribution in [0.3, 0.4) is 0 Å². The molecule has 5 nitrogen and oxygen atoms in total. The zero-order valence-corrected chi connectivity index (χ0v) is 14.0. The second kappa shape index (κ2) is 5.97. The second-order valence-corrected chi connectivity index (χ2v) is 6.53. The van der Waals surface area contributed by atoms with Gasteiger partial charge in [0.15, 0.2) is 0 Å². The van der Waals surface area contributed by atoms with E-state index < -0.39 is 0 Å². The number of amides is 1. The first-order chi connectivity index (χ1) is 9.88. The smallest absolute Gasteiger partial charge is 0.266 e. The molecule has 0 spiro atoms. The number of carbonyl (C=O) groups is 1.